The van der Waals surface area contributed by atoms with Gasteiger partial charge in [0.1, 0.15) is 11.5 Å². The lowest BCUT2D eigenvalue weighted by molar-refractivity contribution is -0.117. The van der Waals surface area contributed by atoms with Crippen molar-refractivity contribution in [1.82, 2.24) is 21.3 Å². The summed E-state index contributed by atoms with van der Waals surface area (Å²) in [7, 11) is 0. The third-order valence-electron chi connectivity index (χ3n) is 7.43. The normalized spacial score (nSPS) is 10.4. The number of hydrogen-bond acceptors (Lipinski definition) is 6. The summed E-state index contributed by atoms with van der Waals surface area (Å²) in [5.74, 6) is -1.11. The third kappa shape index (κ3) is 9.67. The van der Waals surface area contributed by atoms with Crippen molar-refractivity contribution in [2.75, 3.05) is 26.2 Å². The van der Waals surface area contributed by atoms with Gasteiger partial charge < -0.3 is 31.5 Å². The molecule has 0 radical (unpaired) electrons. The summed E-state index contributed by atoms with van der Waals surface area (Å²) in [6, 6.07) is 18.1. The molecule has 47 heavy (non-hydrogen) atoms. The van der Waals surface area contributed by atoms with Gasteiger partial charge in [0.15, 0.2) is 0 Å². The van der Waals surface area contributed by atoms with Crippen LogP contribution in [0.4, 0.5) is 0 Å². The van der Waals surface area contributed by atoms with Gasteiger partial charge in [0.05, 0.1) is 11.1 Å². The number of benzene rings is 4. The standard InChI is InChI=1S/C19H22N2O3.C18H20N2O3/c1-12(2)18(23)20-10-5-11-21-19(24)16-9-8-14-13(3)6-4-7-15(14)17(16)22;1-3-16(21)19-10-5-11-20-18(23)15-9-8-13-12(2)6-4-7-14(13)17(15)22/h4,6-9,22H,1,5,10-11H2,2-3H3,(H,20,23)(H,21,24);3-4,6-9,22H,1,5,10-11H2,2H3,(H,19,21)(H,20,23). The minimum Gasteiger partial charge on any atom is -0.506 e. The number of aryl methyl sites for hydroxylation is 2. The predicted octanol–water partition coefficient (Wildman–Crippen LogP) is 4.94. The quantitative estimate of drug-likeness (QED) is 0.0954. The molecule has 6 N–H and O–H groups in total. The lowest BCUT2D eigenvalue weighted by Gasteiger charge is -2.10. The smallest absolute Gasteiger partial charge is 0.255 e. The molecular weight excluding hydrogens is 596 g/mol. The molecule has 4 aromatic rings. The molecule has 0 aromatic heterocycles. The Morgan fingerprint density at radius 2 is 1.06 bits per heavy atom. The van der Waals surface area contributed by atoms with E-state index in [9.17, 15) is 29.4 Å². The summed E-state index contributed by atoms with van der Waals surface area (Å²) in [5.41, 5.74) is 3.04. The number of rotatable bonds is 12. The summed E-state index contributed by atoms with van der Waals surface area (Å²) in [5, 5.41) is 34.7. The molecule has 246 valence electrons. The van der Waals surface area contributed by atoms with E-state index < -0.39 is 0 Å². The number of nitrogens with one attached hydrogen (secondary N) is 4. The molecule has 0 spiro atoms. The van der Waals surface area contributed by atoms with Gasteiger partial charge in [-0.3, -0.25) is 19.2 Å². The first-order valence-corrected chi connectivity index (χ1v) is 15.3. The van der Waals surface area contributed by atoms with Crippen LogP contribution in [0.2, 0.25) is 0 Å². The summed E-state index contributed by atoms with van der Waals surface area (Å²) in [4.78, 5) is 46.7. The Kier molecular flexibility index (Phi) is 13.1. The Hall–Kier alpha value is -5.64. The molecule has 0 aliphatic rings. The zero-order valence-corrected chi connectivity index (χ0v) is 27.0. The number of hydrogen-bond donors (Lipinski definition) is 6. The second kappa shape index (κ2) is 17.2. The Labute approximate surface area is 274 Å². The van der Waals surface area contributed by atoms with Crippen molar-refractivity contribution in [2.24, 2.45) is 0 Å². The van der Waals surface area contributed by atoms with Gasteiger partial charge in [0.2, 0.25) is 11.8 Å². The molecule has 0 heterocycles. The highest BCUT2D eigenvalue weighted by Gasteiger charge is 2.15. The zero-order valence-electron chi connectivity index (χ0n) is 27.0. The van der Waals surface area contributed by atoms with Crippen molar-refractivity contribution in [2.45, 2.75) is 33.6 Å². The molecule has 0 atom stereocenters. The van der Waals surface area contributed by atoms with Crippen LogP contribution in [0.15, 0.2) is 85.5 Å². The topological polar surface area (TPSA) is 157 Å². The molecule has 4 aromatic carbocycles. The largest absolute Gasteiger partial charge is 0.506 e. The van der Waals surface area contributed by atoms with Gasteiger partial charge in [-0.15, -0.1) is 0 Å². The Bertz CT molecular complexity index is 1810. The minimum absolute atomic E-state index is 0.00992. The average molecular weight is 639 g/mol. The number of amides is 4. The molecule has 4 rings (SSSR count). The van der Waals surface area contributed by atoms with Crippen LogP contribution < -0.4 is 21.3 Å². The summed E-state index contributed by atoms with van der Waals surface area (Å²) in [6.45, 7) is 14.2. The van der Waals surface area contributed by atoms with Crippen molar-refractivity contribution in [3.8, 4) is 11.5 Å². The molecule has 0 unspecified atom stereocenters. The fourth-order valence-electron chi connectivity index (χ4n) is 4.77. The van der Waals surface area contributed by atoms with Gasteiger partial charge >= 0.3 is 0 Å². The van der Waals surface area contributed by atoms with Crippen LogP contribution in [0, 0.1) is 13.8 Å². The maximum absolute atomic E-state index is 12.2. The van der Waals surface area contributed by atoms with Crippen molar-refractivity contribution in [3.63, 3.8) is 0 Å². The molecule has 10 nitrogen and oxygen atoms in total. The molecule has 0 aliphatic carbocycles. The highest BCUT2D eigenvalue weighted by atomic mass is 16.3. The number of phenolic OH excluding ortho intramolecular Hbond substituents is 2. The van der Waals surface area contributed by atoms with Crippen molar-refractivity contribution >= 4 is 45.2 Å². The first-order chi connectivity index (χ1) is 22.5. The third-order valence-corrected chi connectivity index (χ3v) is 7.43. The maximum Gasteiger partial charge on any atom is 0.255 e. The lowest BCUT2D eigenvalue weighted by atomic mass is 10.0. The van der Waals surface area contributed by atoms with E-state index in [1.54, 1.807) is 31.2 Å². The van der Waals surface area contributed by atoms with E-state index in [1.807, 2.05) is 50.2 Å². The number of carbonyl (C=O) groups is 4. The van der Waals surface area contributed by atoms with Gasteiger partial charge in [-0.25, -0.2) is 0 Å². The van der Waals surface area contributed by atoms with Crippen LogP contribution in [0.3, 0.4) is 0 Å². The van der Waals surface area contributed by atoms with Crippen LogP contribution in [0.1, 0.15) is 51.6 Å². The molecule has 10 heteroatoms. The van der Waals surface area contributed by atoms with Crippen LogP contribution in [-0.4, -0.2) is 60.0 Å². The summed E-state index contributed by atoms with van der Waals surface area (Å²) in [6.07, 6.45) is 2.39. The molecule has 0 bridgehead atoms. The Morgan fingerprint density at radius 1 is 0.638 bits per heavy atom. The first-order valence-electron chi connectivity index (χ1n) is 15.3. The summed E-state index contributed by atoms with van der Waals surface area (Å²) < 4.78 is 0. The van der Waals surface area contributed by atoms with Gasteiger partial charge in [0.25, 0.3) is 11.8 Å². The molecule has 4 amide bonds. The second-order valence-electron chi connectivity index (χ2n) is 11.0. The summed E-state index contributed by atoms with van der Waals surface area (Å²) >= 11 is 0. The Morgan fingerprint density at radius 3 is 1.49 bits per heavy atom. The Balaban J connectivity index is 0.000000256. The van der Waals surface area contributed by atoms with Crippen LogP contribution in [-0.2, 0) is 9.59 Å². The fraction of sp³-hybridized carbons (Fsp3) is 0.243. The molecular formula is C37H42N4O6. The molecule has 0 aliphatic heterocycles. The van der Waals surface area contributed by atoms with E-state index >= 15 is 0 Å². The van der Waals surface area contributed by atoms with Crippen LogP contribution in [0.25, 0.3) is 21.5 Å². The van der Waals surface area contributed by atoms with E-state index in [-0.39, 0.29) is 46.3 Å². The zero-order chi connectivity index (χ0) is 34.5. The van der Waals surface area contributed by atoms with Gasteiger partial charge in [-0.1, -0.05) is 61.7 Å². The van der Waals surface area contributed by atoms with E-state index in [0.717, 1.165) is 21.9 Å². The predicted molar refractivity (Wildman–Crippen MR) is 186 cm³/mol. The maximum atomic E-state index is 12.2. The lowest BCUT2D eigenvalue weighted by Crippen LogP contribution is -2.30. The number of carbonyl (C=O) groups excluding carboxylic acids is 4. The van der Waals surface area contributed by atoms with E-state index in [0.29, 0.717) is 55.4 Å². The highest BCUT2D eigenvalue weighted by molar-refractivity contribution is 6.05. The van der Waals surface area contributed by atoms with Gasteiger partial charge in [0, 0.05) is 42.5 Å². The fourth-order valence-corrected chi connectivity index (χ4v) is 4.77. The highest BCUT2D eigenvalue weighted by Crippen LogP contribution is 2.31. The SMILES string of the molecule is C=C(C)C(=O)NCCCNC(=O)c1ccc2c(C)cccc2c1O.C=CC(=O)NCCCNC(=O)c1ccc2c(C)cccc2c1O. The monoisotopic (exact) mass is 638 g/mol. The van der Waals surface area contributed by atoms with Crippen LogP contribution in [0.5, 0.6) is 11.5 Å². The number of phenols is 2. The second-order valence-corrected chi connectivity index (χ2v) is 11.0. The van der Waals surface area contributed by atoms with Crippen LogP contribution >= 0.6 is 0 Å². The number of aromatic hydroxyl groups is 2. The van der Waals surface area contributed by atoms with Crippen molar-refractivity contribution in [1.29, 1.82) is 0 Å². The van der Waals surface area contributed by atoms with Gasteiger partial charge in [-0.2, -0.15) is 0 Å². The number of fused-ring (bicyclic) bond motifs is 2. The molecule has 0 fully saturated rings. The molecule has 0 saturated carbocycles. The average Bonchev–Trinajstić information content (AvgIpc) is 3.05. The minimum atomic E-state index is -0.332. The first kappa shape index (κ1) is 35.8. The van der Waals surface area contributed by atoms with Crippen molar-refractivity contribution < 1.29 is 29.4 Å². The van der Waals surface area contributed by atoms with Crippen molar-refractivity contribution in [3.05, 3.63) is 108 Å². The van der Waals surface area contributed by atoms with E-state index in [2.05, 4.69) is 34.4 Å². The molecule has 0 saturated heterocycles. The van der Waals surface area contributed by atoms with Gasteiger partial charge in [-0.05, 0) is 73.7 Å². The van der Waals surface area contributed by atoms with E-state index in [1.165, 1.54) is 6.08 Å². The van der Waals surface area contributed by atoms with E-state index in [4.69, 9.17) is 0 Å².